The fourth-order valence-corrected chi connectivity index (χ4v) is 2.97. The number of esters is 3. The molecule has 1 fully saturated rings. The quantitative estimate of drug-likeness (QED) is 0.400. The van der Waals surface area contributed by atoms with E-state index in [-0.39, 0.29) is 0 Å². The molecular weight excluding hydrogens is 343 g/mol. The van der Waals surface area contributed by atoms with Gasteiger partial charge in [0.25, 0.3) is 0 Å². The highest BCUT2D eigenvalue weighted by atomic mass is 31.2. The van der Waals surface area contributed by atoms with Gasteiger partial charge in [0.1, 0.15) is 0 Å². The molecule has 9 nitrogen and oxygen atoms in total. The van der Waals surface area contributed by atoms with Crippen LogP contribution in [0.2, 0.25) is 0 Å². The maximum Gasteiger partial charge on any atom is 0.303 e. The van der Waals surface area contributed by atoms with Crippen LogP contribution >= 0.6 is 7.37 Å². The van der Waals surface area contributed by atoms with Crippen molar-refractivity contribution in [2.75, 3.05) is 13.3 Å². The second-order valence-corrected chi connectivity index (χ2v) is 8.50. The van der Waals surface area contributed by atoms with Gasteiger partial charge in [-0.25, -0.2) is 0 Å². The Balaban J connectivity index is 3.21. The van der Waals surface area contributed by atoms with Gasteiger partial charge in [-0.15, -0.1) is 0 Å². The standard InChI is InChI=1S/C14H23O9P/c1-7-11(20-8(2)15)12(21-9(3)16)13(22-10(4)17)14(19-7)23-24(5,6)18/h7,11-14H,1-6H3/t7?,11-,12-,13?,14-/m1/s1. The van der Waals surface area contributed by atoms with Crippen LogP contribution < -0.4 is 0 Å². The van der Waals surface area contributed by atoms with E-state index in [2.05, 4.69) is 0 Å². The summed E-state index contributed by atoms with van der Waals surface area (Å²) in [6.45, 7) is 7.80. The molecule has 0 radical (unpaired) electrons. The molecular formula is C14H23O9P. The lowest BCUT2D eigenvalue weighted by atomic mass is 9.99. The van der Waals surface area contributed by atoms with Crippen molar-refractivity contribution < 1.29 is 42.4 Å². The van der Waals surface area contributed by atoms with Gasteiger partial charge in [0.05, 0.1) is 6.10 Å². The maximum absolute atomic E-state index is 12.0. The Bertz CT molecular complexity index is 540. The Kier molecular flexibility index (Phi) is 6.95. The minimum absolute atomic E-state index is 0.620. The predicted molar refractivity (Wildman–Crippen MR) is 81.5 cm³/mol. The summed E-state index contributed by atoms with van der Waals surface area (Å²) in [6.07, 6.45) is -5.39. The Morgan fingerprint density at radius 3 is 1.67 bits per heavy atom. The van der Waals surface area contributed by atoms with E-state index >= 15 is 0 Å². The minimum atomic E-state index is -3.01. The number of carbonyl (C=O) groups excluding carboxylic acids is 3. The number of hydrogen-bond acceptors (Lipinski definition) is 9. The zero-order valence-corrected chi connectivity index (χ0v) is 15.4. The molecule has 0 aromatic carbocycles. The van der Waals surface area contributed by atoms with E-state index in [0.717, 1.165) is 13.8 Å². The summed E-state index contributed by atoms with van der Waals surface area (Å²) in [5, 5.41) is 0. The minimum Gasteiger partial charge on any atom is -0.456 e. The number of hydrogen-bond donors (Lipinski definition) is 0. The third-order valence-corrected chi connectivity index (χ3v) is 3.71. The average Bonchev–Trinajstić information content (AvgIpc) is 2.35. The van der Waals surface area contributed by atoms with Crippen molar-refractivity contribution in [2.45, 2.75) is 58.4 Å². The summed E-state index contributed by atoms with van der Waals surface area (Å²) in [5.74, 6) is -1.98. The van der Waals surface area contributed by atoms with E-state index in [1.165, 1.54) is 20.3 Å². The average molecular weight is 366 g/mol. The molecule has 0 amide bonds. The van der Waals surface area contributed by atoms with Gasteiger partial charge in [-0.3, -0.25) is 23.5 Å². The lowest BCUT2D eigenvalue weighted by Crippen LogP contribution is -2.60. The van der Waals surface area contributed by atoms with Gasteiger partial charge < -0.3 is 18.9 Å². The molecule has 1 saturated heterocycles. The first kappa shape index (κ1) is 20.6. The van der Waals surface area contributed by atoms with E-state index in [1.54, 1.807) is 6.92 Å². The maximum atomic E-state index is 12.0. The third-order valence-electron chi connectivity index (χ3n) is 2.99. The van der Waals surface area contributed by atoms with E-state index in [1.807, 2.05) is 0 Å². The van der Waals surface area contributed by atoms with Crippen molar-refractivity contribution in [2.24, 2.45) is 0 Å². The van der Waals surface area contributed by atoms with Crippen molar-refractivity contribution in [1.29, 1.82) is 0 Å². The lowest BCUT2D eigenvalue weighted by molar-refractivity contribution is -0.280. The molecule has 0 aromatic heterocycles. The highest BCUT2D eigenvalue weighted by Gasteiger charge is 2.51. The highest BCUT2D eigenvalue weighted by Crippen LogP contribution is 2.43. The first-order valence-electron chi connectivity index (χ1n) is 7.31. The Hall–Kier alpha value is -1.44. The van der Waals surface area contributed by atoms with Crippen LogP contribution in [0.3, 0.4) is 0 Å². The van der Waals surface area contributed by atoms with Gasteiger partial charge >= 0.3 is 17.9 Å². The zero-order chi connectivity index (χ0) is 18.7. The summed E-state index contributed by atoms with van der Waals surface area (Å²) < 4.78 is 38.4. The van der Waals surface area contributed by atoms with Gasteiger partial charge in [0.15, 0.2) is 25.7 Å². The van der Waals surface area contributed by atoms with Crippen molar-refractivity contribution >= 4 is 25.3 Å². The fourth-order valence-electron chi connectivity index (χ4n) is 2.30. The smallest absolute Gasteiger partial charge is 0.303 e. The largest absolute Gasteiger partial charge is 0.456 e. The lowest BCUT2D eigenvalue weighted by Gasteiger charge is -2.43. The molecule has 0 aromatic rings. The molecule has 2 unspecified atom stereocenters. The fraction of sp³-hybridized carbons (Fsp3) is 0.786. The zero-order valence-electron chi connectivity index (χ0n) is 14.5. The van der Waals surface area contributed by atoms with E-state index in [9.17, 15) is 18.9 Å². The van der Waals surface area contributed by atoms with Gasteiger partial charge in [-0.2, -0.15) is 0 Å². The first-order valence-corrected chi connectivity index (χ1v) is 9.83. The van der Waals surface area contributed by atoms with Gasteiger partial charge in [0.2, 0.25) is 6.29 Å². The summed E-state index contributed by atoms with van der Waals surface area (Å²) in [7, 11) is -3.01. The van der Waals surface area contributed by atoms with Crippen LogP contribution in [-0.4, -0.2) is 61.9 Å². The molecule has 5 atom stereocenters. The highest BCUT2D eigenvalue weighted by molar-refractivity contribution is 7.57. The van der Waals surface area contributed by atoms with Crippen LogP contribution in [0.25, 0.3) is 0 Å². The van der Waals surface area contributed by atoms with Crippen LogP contribution in [0, 0.1) is 0 Å². The Labute approximate surface area is 140 Å². The molecule has 24 heavy (non-hydrogen) atoms. The van der Waals surface area contributed by atoms with E-state index < -0.39 is 56.0 Å². The van der Waals surface area contributed by atoms with Gasteiger partial charge in [0, 0.05) is 34.1 Å². The van der Waals surface area contributed by atoms with Gasteiger partial charge in [-0.1, -0.05) is 0 Å². The number of rotatable bonds is 5. The molecule has 1 rings (SSSR count). The Morgan fingerprint density at radius 1 is 0.833 bits per heavy atom. The predicted octanol–water partition coefficient (Wildman–Crippen LogP) is 1.08. The third kappa shape index (κ3) is 6.22. The van der Waals surface area contributed by atoms with E-state index in [0.29, 0.717) is 0 Å². The van der Waals surface area contributed by atoms with Crippen LogP contribution in [0.15, 0.2) is 0 Å². The van der Waals surface area contributed by atoms with Crippen molar-refractivity contribution in [1.82, 2.24) is 0 Å². The van der Waals surface area contributed by atoms with Crippen molar-refractivity contribution in [3.63, 3.8) is 0 Å². The molecule has 1 heterocycles. The van der Waals surface area contributed by atoms with Crippen molar-refractivity contribution in [3.05, 3.63) is 0 Å². The van der Waals surface area contributed by atoms with Crippen LogP contribution in [0.1, 0.15) is 27.7 Å². The van der Waals surface area contributed by atoms with E-state index in [4.69, 9.17) is 23.5 Å². The molecule has 0 bridgehead atoms. The summed E-state index contributed by atoms with van der Waals surface area (Å²) in [5.41, 5.74) is 0. The van der Waals surface area contributed by atoms with Crippen molar-refractivity contribution in [3.8, 4) is 0 Å². The molecule has 1 aliphatic rings. The van der Waals surface area contributed by atoms with Crippen LogP contribution in [-0.2, 0) is 42.4 Å². The first-order chi connectivity index (χ1) is 10.9. The SMILES string of the molecule is CC(=O)OC1[C@@H](OP(C)(C)=O)OC(C)[C@@H](OC(C)=O)[C@H]1OC(C)=O. The second kappa shape index (κ2) is 8.09. The topological polar surface area (TPSA) is 114 Å². The van der Waals surface area contributed by atoms with Gasteiger partial charge in [-0.05, 0) is 6.92 Å². The summed E-state index contributed by atoms with van der Waals surface area (Å²) in [6, 6.07) is 0. The number of carbonyl (C=O) groups is 3. The summed E-state index contributed by atoms with van der Waals surface area (Å²) in [4.78, 5) is 34.2. The number of ether oxygens (including phenoxy) is 4. The molecule has 0 aliphatic carbocycles. The van der Waals surface area contributed by atoms with Crippen LogP contribution in [0.4, 0.5) is 0 Å². The molecule has 138 valence electrons. The molecule has 1 aliphatic heterocycles. The molecule has 0 saturated carbocycles. The summed E-state index contributed by atoms with van der Waals surface area (Å²) >= 11 is 0. The molecule has 0 spiro atoms. The second-order valence-electron chi connectivity index (χ2n) is 5.79. The Morgan fingerprint density at radius 2 is 1.25 bits per heavy atom. The monoisotopic (exact) mass is 366 g/mol. The molecule has 0 N–H and O–H groups in total. The normalized spacial score (nSPS) is 30.3. The van der Waals surface area contributed by atoms with Crippen LogP contribution in [0.5, 0.6) is 0 Å². The molecule has 10 heteroatoms.